The van der Waals surface area contributed by atoms with Crippen LogP contribution in [0.3, 0.4) is 0 Å². The van der Waals surface area contributed by atoms with Crippen LogP contribution in [0, 0.1) is 19.8 Å². The first-order chi connectivity index (χ1) is 17.1. The van der Waals surface area contributed by atoms with Crippen LogP contribution in [0.1, 0.15) is 45.3 Å². The second-order valence-electron chi connectivity index (χ2n) is 8.99. The van der Waals surface area contributed by atoms with Crippen LogP contribution in [0.15, 0.2) is 65.1 Å². The largest absolute Gasteiger partial charge is 0.337 e. The number of likely N-dealkylation sites (tertiary alicyclic amines) is 1. The van der Waals surface area contributed by atoms with Gasteiger partial charge >= 0.3 is 0 Å². The van der Waals surface area contributed by atoms with Crippen molar-refractivity contribution in [1.82, 2.24) is 24.6 Å². The van der Waals surface area contributed by atoms with E-state index in [1.807, 2.05) is 29.3 Å². The second kappa shape index (κ2) is 10.7. The fourth-order valence-electron chi connectivity index (χ4n) is 4.58. The van der Waals surface area contributed by atoms with Gasteiger partial charge in [0.1, 0.15) is 16.5 Å². The quantitative estimate of drug-likeness (QED) is 0.302. The number of thioether (sulfide) groups is 1. The number of thiazole rings is 1. The molecule has 0 aliphatic carbocycles. The van der Waals surface area contributed by atoms with Crippen molar-refractivity contribution < 1.29 is 4.79 Å². The van der Waals surface area contributed by atoms with Gasteiger partial charge in [0.15, 0.2) is 5.16 Å². The third-order valence-electron chi connectivity index (χ3n) is 6.52. The molecule has 1 fully saturated rings. The van der Waals surface area contributed by atoms with E-state index in [4.69, 9.17) is 0 Å². The molecule has 8 heteroatoms. The fourth-order valence-corrected chi connectivity index (χ4v) is 6.36. The van der Waals surface area contributed by atoms with Crippen LogP contribution < -0.4 is 0 Å². The zero-order valence-corrected chi connectivity index (χ0v) is 21.7. The highest BCUT2D eigenvalue weighted by Crippen LogP contribution is 2.28. The number of amides is 1. The van der Waals surface area contributed by atoms with Crippen LogP contribution in [-0.2, 0) is 12.2 Å². The Kier molecular flexibility index (Phi) is 7.29. The Morgan fingerprint density at radius 3 is 2.54 bits per heavy atom. The van der Waals surface area contributed by atoms with Crippen molar-refractivity contribution in [2.24, 2.45) is 5.92 Å². The van der Waals surface area contributed by atoms with E-state index in [2.05, 4.69) is 69.1 Å². The summed E-state index contributed by atoms with van der Waals surface area (Å²) in [4.78, 5) is 19.7. The number of hydrogen-bond acceptors (Lipinski definition) is 6. The van der Waals surface area contributed by atoms with E-state index in [0.717, 1.165) is 54.0 Å². The van der Waals surface area contributed by atoms with E-state index in [1.165, 1.54) is 22.5 Å². The van der Waals surface area contributed by atoms with Gasteiger partial charge in [-0.25, -0.2) is 4.98 Å². The monoisotopic (exact) mass is 503 g/mol. The Morgan fingerprint density at radius 2 is 1.77 bits per heavy atom. The third-order valence-corrected chi connectivity index (χ3v) is 8.49. The minimum Gasteiger partial charge on any atom is -0.337 e. The van der Waals surface area contributed by atoms with Gasteiger partial charge in [-0.1, -0.05) is 60.3 Å². The Labute approximate surface area is 214 Å². The summed E-state index contributed by atoms with van der Waals surface area (Å²) in [7, 11) is 0. The van der Waals surface area contributed by atoms with Crippen LogP contribution in [-0.4, -0.2) is 43.6 Å². The normalized spacial score (nSPS) is 14.4. The van der Waals surface area contributed by atoms with E-state index in [1.54, 1.807) is 11.8 Å². The van der Waals surface area contributed by atoms with Crippen molar-refractivity contribution in [2.45, 2.75) is 44.0 Å². The van der Waals surface area contributed by atoms with Crippen LogP contribution in [0.25, 0.3) is 5.69 Å². The van der Waals surface area contributed by atoms with Gasteiger partial charge in [0.05, 0.1) is 11.4 Å². The molecule has 1 aliphatic heterocycles. The summed E-state index contributed by atoms with van der Waals surface area (Å²) in [6.45, 7) is 5.66. The minimum absolute atomic E-state index is 0.0505. The summed E-state index contributed by atoms with van der Waals surface area (Å²) >= 11 is 3.14. The maximum Gasteiger partial charge on any atom is 0.273 e. The molecule has 4 aromatic rings. The molecule has 2 aromatic heterocycles. The van der Waals surface area contributed by atoms with E-state index in [9.17, 15) is 4.79 Å². The highest BCUT2D eigenvalue weighted by atomic mass is 32.2. The first-order valence-electron chi connectivity index (χ1n) is 12.0. The molecule has 6 nitrogen and oxygen atoms in total. The second-order valence-corrected chi connectivity index (χ2v) is 10.9. The number of para-hydroxylation sites is 1. The predicted octanol–water partition coefficient (Wildman–Crippen LogP) is 5.73. The van der Waals surface area contributed by atoms with Crippen molar-refractivity contribution in [1.29, 1.82) is 0 Å². The molecule has 2 aromatic carbocycles. The molecule has 3 heterocycles. The molecule has 0 saturated carbocycles. The smallest absolute Gasteiger partial charge is 0.273 e. The van der Waals surface area contributed by atoms with Crippen LogP contribution in [0.2, 0.25) is 0 Å². The lowest BCUT2D eigenvalue weighted by Crippen LogP contribution is -2.39. The highest BCUT2D eigenvalue weighted by Gasteiger charge is 2.25. The lowest BCUT2D eigenvalue weighted by molar-refractivity contribution is 0.0685. The Bertz CT molecular complexity index is 1290. The van der Waals surface area contributed by atoms with Crippen LogP contribution >= 0.6 is 23.1 Å². The number of benzene rings is 2. The number of hydrogen-bond donors (Lipinski definition) is 0. The Hall–Kier alpha value is -2.97. The van der Waals surface area contributed by atoms with E-state index < -0.39 is 0 Å². The van der Waals surface area contributed by atoms with Gasteiger partial charge < -0.3 is 4.90 Å². The topological polar surface area (TPSA) is 63.9 Å². The van der Waals surface area contributed by atoms with E-state index in [-0.39, 0.29) is 5.91 Å². The molecular weight excluding hydrogens is 474 g/mol. The molecular formula is C27H29N5OS2. The third kappa shape index (κ3) is 5.49. The molecule has 35 heavy (non-hydrogen) atoms. The zero-order chi connectivity index (χ0) is 24.2. The number of piperidine rings is 1. The number of carbonyl (C=O) groups is 1. The molecule has 1 amide bonds. The zero-order valence-electron chi connectivity index (χ0n) is 20.1. The summed E-state index contributed by atoms with van der Waals surface area (Å²) in [6.07, 6.45) is 3.18. The molecule has 0 spiro atoms. The van der Waals surface area contributed by atoms with Gasteiger partial charge in [-0.3, -0.25) is 9.36 Å². The average molecular weight is 504 g/mol. The molecule has 0 N–H and O–H groups in total. The summed E-state index contributed by atoms with van der Waals surface area (Å²) in [5.74, 6) is 2.20. The van der Waals surface area contributed by atoms with Gasteiger partial charge in [0.25, 0.3) is 5.91 Å². The Balaban J connectivity index is 1.18. The number of rotatable bonds is 7. The molecule has 1 aliphatic rings. The standard InChI is InChI=1S/C27H29N5OS2/c1-19-8-6-7-11-24(19)32-20(2)29-30-27(32)35-18-25-28-23(17-34-25)26(33)31-14-12-22(13-15-31)16-21-9-4-3-5-10-21/h3-11,17,22H,12-16,18H2,1-2H3. The van der Waals surface area contributed by atoms with Crippen LogP contribution in [0.5, 0.6) is 0 Å². The van der Waals surface area contributed by atoms with Crippen LogP contribution in [0.4, 0.5) is 0 Å². The minimum atomic E-state index is 0.0505. The highest BCUT2D eigenvalue weighted by molar-refractivity contribution is 7.98. The molecule has 0 bridgehead atoms. The molecule has 5 rings (SSSR count). The summed E-state index contributed by atoms with van der Waals surface area (Å²) < 4.78 is 2.08. The predicted molar refractivity (Wildman–Crippen MR) is 141 cm³/mol. The molecule has 0 radical (unpaired) electrons. The van der Waals surface area contributed by atoms with Gasteiger partial charge in [0, 0.05) is 18.5 Å². The first-order valence-corrected chi connectivity index (χ1v) is 13.8. The maximum absolute atomic E-state index is 13.1. The van der Waals surface area contributed by atoms with Gasteiger partial charge in [-0.05, 0) is 56.2 Å². The maximum atomic E-state index is 13.1. The molecule has 1 saturated heterocycles. The fraction of sp³-hybridized carbons (Fsp3) is 0.333. The summed E-state index contributed by atoms with van der Waals surface area (Å²) in [5, 5.41) is 12.3. The first kappa shape index (κ1) is 23.8. The van der Waals surface area contributed by atoms with Gasteiger partial charge in [-0.2, -0.15) is 0 Å². The van der Waals surface area contributed by atoms with E-state index in [0.29, 0.717) is 17.4 Å². The Morgan fingerprint density at radius 1 is 1.03 bits per heavy atom. The SMILES string of the molecule is Cc1ccccc1-n1c(C)nnc1SCc1nc(C(=O)N2CCC(Cc3ccccc3)CC2)cs1. The van der Waals surface area contributed by atoms with E-state index >= 15 is 0 Å². The number of aromatic nitrogens is 4. The van der Waals surface area contributed by atoms with Crippen molar-refractivity contribution >= 4 is 29.0 Å². The van der Waals surface area contributed by atoms with Crippen molar-refractivity contribution in [3.63, 3.8) is 0 Å². The molecule has 0 atom stereocenters. The summed E-state index contributed by atoms with van der Waals surface area (Å²) in [5.41, 5.74) is 4.20. The lowest BCUT2D eigenvalue weighted by Gasteiger charge is -2.31. The average Bonchev–Trinajstić information content (AvgIpc) is 3.50. The van der Waals surface area contributed by atoms with Gasteiger partial charge in [-0.15, -0.1) is 21.5 Å². The van der Waals surface area contributed by atoms with Crippen molar-refractivity contribution in [3.8, 4) is 5.69 Å². The van der Waals surface area contributed by atoms with Crippen molar-refractivity contribution in [2.75, 3.05) is 13.1 Å². The molecule has 180 valence electrons. The molecule has 0 unspecified atom stereocenters. The van der Waals surface area contributed by atoms with Crippen molar-refractivity contribution in [3.05, 3.63) is 87.6 Å². The number of carbonyl (C=O) groups excluding carboxylic acids is 1. The number of aryl methyl sites for hydroxylation is 2. The van der Waals surface area contributed by atoms with Gasteiger partial charge in [0.2, 0.25) is 0 Å². The number of nitrogens with zero attached hydrogens (tertiary/aromatic N) is 5. The lowest BCUT2D eigenvalue weighted by atomic mass is 9.90. The summed E-state index contributed by atoms with van der Waals surface area (Å²) in [6, 6.07) is 18.9.